The van der Waals surface area contributed by atoms with Gasteiger partial charge >= 0.3 is 0 Å². The van der Waals surface area contributed by atoms with Gasteiger partial charge in [0.05, 0.1) is 18.3 Å². The van der Waals surface area contributed by atoms with Crippen LogP contribution in [0.15, 0.2) is 103 Å². The standard InChI is InChI=1S/C34H36N4O6S/c1-2-18-36-22-33(41)37-29(19-25-12-15-27(39)16-13-25)34(42)35(20-26-23-45(43,44)30-11-7-6-10-28(26)30)21-31(37)38(36)32(40)17-14-24-8-4-3-5-9-24/h2-13,15-16,23,28-31,39H,1,14,17-22H2/t28?,29-,30?,31-/m0/s1. The number of carbonyl (C=O) groups excluding carboxylic acids is 3. The normalized spacial score (nSPS) is 25.6. The molecule has 3 amide bonds. The third-order valence-electron chi connectivity index (χ3n) is 8.84. The lowest BCUT2D eigenvalue weighted by Gasteiger charge is -2.55. The number of carbonyl (C=O) groups is 3. The minimum Gasteiger partial charge on any atom is -0.508 e. The summed E-state index contributed by atoms with van der Waals surface area (Å²) in [7, 11) is -3.55. The molecule has 0 saturated carbocycles. The van der Waals surface area contributed by atoms with Gasteiger partial charge in [-0.05, 0) is 35.3 Å². The zero-order chi connectivity index (χ0) is 31.7. The highest BCUT2D eigenvalue weighted by Gasteiger charge is 2.51. The van der Waals surface area contributed by atoms with E-state index in [4.69, 9.17) is 0 Å². The number of aryl methyl sites for hydroxylation is 1. The number of piperazine rings is 1. The molecule has 0 radical (unpaired) electrons. The number of allylic oxidation sites excluding steroid dienone is 3. The van der Waals surface area contributed by atoms with Crippen LogP contribution in [0.5, 0.6) is 5.75 Å². The monoisotopic (exact) mass is 628 g/mol. The van der Waals surface area contributed by atoms with E-state index in [2.05, 4.69) is 6.58 Å². The quantitative estimate of drug-likeness (QED) is 0.424. The third kappa shape index (κ3) is 6.10. The van der Waals surface area contributed by atoms with Crippen molar-refractivity contribution in [2.24, 2.45) is 5.92 Å². The SMILES string of the molecule is C=CCN1CC(=O)N2[C@@H](Cc3ccc(O)cc3)C(=O)N(CC3=CS(=O)(=O)C4C=CC=CC34)C[C@@H]2N1C(=O)CCc1ccccc1. The molecule has 11 heteroatoms. The van der Waals surface area contributed by atoms with Gasteiger partial charge < -0.3 is 14.9 Å². The lowest BCUT2D eigenvalue weighted by Crippen LogP contribution is -2.76. The van der Waals surface area contributed by atoms with Gasteiger partial charge in [0.2, 0.25) is 17.7 Å². The Hall–Kier alpha value is -4.48. The van der Waals surface area contributed by atoms with E-state index in [9.17, 15) is 27.9 Å². The van der Waals surface area contributed by atoms with Gasteiger partial charge in [0.1, 0.15) is 18.0 Å². The Morgan fingerprint density at radius 3 is 2.47 bits per heavy atom. The molecule has 2 saturated heterocycles. The predicted molar refractivity (Wildman–Crippen MR) is 169 cm³/mol. The van der Waals surface area contributed by atoms with E-state index in [0.29, 0.717) is 12.0 Å². The maximum atomic E-state index is 14.2. The van der Waals surface area contributed by atoms with Crippen LogP contribution in [0.1, 0.15) is 17.5 Å². The summed E-state index contributed by atoms with van der Waals surface area (Å²) in [4.78, 5) is 45.1. The van der Waals surface area contributed by atoms with Crippen molar-refractivity contribution in [2.75, 3.05) is 26.2 Å². The number of fused-ring (bicyclic) bond motifs is 2. The van der Waals surface area contributed by atoms with E-state index in [1.54, 1.807) is 45.3 Å². The van der Waals surface area contributed by atoms with Crippen molar-refractivity contribution in [1.82, 2.24) is 19.8 Å². The maximum absolute atomic E-state index is 14.2. The van der Waals surface area contributed by atoms with Crippen LogP contribution in [0, 0.1) is 5.92 Å². The summed E-state index contributed by atoms with van der Waals surface area (Å²) in [6.07, 6.45) is 8.72. The lowest BCUT2D eigenvalue weighted by atomic mass is 9.91. The summed E-state index contributed by atoms with van der Waals surface area (Å²) in [5, 5.41) is 13.7. The zero-order valence-electron chi connectivity index (χ0n) is 24.8. The smallest absolute Gasteiger partial charge is 0.246 e. The number of phenols is 1. The number of aromatic hydroxyl groups is 1. The molecule has 2 fully saturated rings. The van der Waals surface area contributed by atoms with Crippen LogP contribution in [0.2, 0.25) is 0 Å². The fourth-order valence-electron chi connectivity index (χ4n) is 6.74. The van der Waals surface area contributed by atoms with Crippen LogP contribution >= 0.6 is 0 Å². The molecule has 0 aromatic heterocycles. The van der Waals surface area contributed by atoms with Gasteiger partial charge in [-0.15, -0.1) is 6.58 Å². The second-order valence-corrected chi connectivity index (χ2v) is 13.7. The van der Waals surface area contributed by atoms with Crippen LogP contribution < -0.4 is 0 Å². The number of hydrogen-bond donors (Lipinski definition) is 1. The van der Waals surface area contributed by atoms with Crippen molar-refractivity contribution >= 4 is 27.6 Å². The average molecular weight is 629 g/mol. The first-order chi connectivity index (χ1) is 21.7. The third-order valence-corrected chi connectivity index (χ3v) is 10.7. The van der Waals surface area contributed by atoms with E-state index in [0.717, 1.165) is 11.1 Å². The molecule has 0 spiro atoms. The Morgan fingerprint density at radius 2 is 1.73 bits per heavy atom. The number of benzene rings is 2. The van der Waals surface area contributed by atoms with Crippen molar-refractivity contribution < 1.29 is 27.9 Å². The largest absolute Gasteiger partial charge is 0.508 e. The summed E-state index contributed by atoms with van der Waals surface area (Å²) in [6.45, 7) is 4.07. The predicted octanol–water partition coefficient (Wildman–Crippen LogP) is 2.60. The molecule has 234 valence electrons. The van der Waals surface area contributed by atoms with E-state index < -0.39 is 33.2 Å². The van der Waals surface area contributed by atoms with Crippen molar-refractivity contribution in [1.29, 1.82) is 0 Å². The first-order valence-electron chi connectivity index (χ1n) is 15.0. The summed E-state index contributed by atoms with van der Waals surface area (Å²) < 4.78 is 25.9. The van der Waals surface area contributed by atoms with Crippen molar-refractivity contribution in [3.8, 4) is 5.75 Å². The Balaban J connectivity index is 1.35. The molecule has 45 heavy (non-hydrogen) atoms. The van der Waals surface area contributed by atoms with Crippen LogP contribution in [-0.4, -0.2) is 94.7 Å². The molecule has 2 aromatic carbocycles. The van der Waals surface area contributed by atoms with Gasteiger partial charge in [0, 0.05) is 37.3 Å². The summed E-state index contributed by atoms with van der Waals surface area (Å²) >= 11 is 0. The van der Waals surface area contributed by atoms with E-state index in [1.807, 2.05) is 42.5 Å². The highest BCUT2D eigenvalue weighted by molar-refractivity contribution is 7.95. The topological polar surface area (TPSA) is 119 Å². The number of phenolic OH excluding ortho intramolecular Hbond substituents is 1. The molecule has 10 nitrogen and oxygen atoms in total. The zero-order valence-corrected chi connectivity index (χ0v) is 25.6. The summed E-state index contributed by atoms with van der Waals surface area (Å²) in [5.74, 6) is -1.11. The van der Waals surface area contributed by atoms with Gasteiger partial charge in [-0.1, -0.05) is 72.8 Å². The molecule has 4 atom stereocenters. The van der Waals surface area contributed by atoms with Gasteiger partial charge in [-0.25, -0.2) is 18.4 Å². The number of rotatable bonds is 9. The van der Waals surface area contributed by atoms with Gasteiger partial charge in [0.15, 0.2) is 9.84 Å². The summed E-state index contributed by atoms with van der Waals surface area (Å²) in [5.41, 5.74) is 2.34. The molecular formula is C34H36N4O6S. The number of amides is 3. The van der Waals surface area contributed by atoms with E-state index in [-0.39, 0.29) is 62.5 Å². The molecule has 2 aromatic rings. The number of hydrazine groups is 1. The Labute approximate surface area is 263 Å². The molecule has 3 aliphatic heterocycles. The maximum Gasteiger partial charge on any atom is 0.246 e. The Morgan fingerprint density at radius 1 is 1.00 bits per heavy atom. The molecule has 6 rings (SSSR count). The second-order valence-electron chi connectivity index (χ2n) is 11.8. The second kappa shape index (κ2) is 12.5. The highest BCUT2D eigenvalue weighted by Crippen LogP contribution is 2.37. The molecule has 1 aliphatic carbocycles. The average Bonchev–Trinajstić information content (AvgIpc) is 3.29. The van der Waals surface area contributed by atoms with Crippen molar-refractivity contribution in [3.05, 3.63) is 114 Å². The van der Waals surface area contributed by atoms with Gasteiger partial charge in [-0.2, -0.15) is 0 Å². The van der Waals surface area contributed by atoms with Crippen LogP contribution in [0.25, 0.3) is 0 Å². The minimum atomic E-state index is -3.55. The molecule has 0 bridgehead atoms. The van der Waals surface area contributed by atoms with Gasteiger partial charge in [-0.3, -0.25) is 14.4 Å². The summed E-state index contributed by atoms with van der Waals surface area (Å²) in [6, 6.07) is 15.2. The molecule has 2 unspecified atom stereocenters. The van der Waals surface area contributed by atoms with Crippen molar-refractivity contribution in [2.45, 2.75) is 36.7 Å². The number of hydrogen-bond acceptors (Lipinski definition) is 7. The first kappa shape index (κ1) is 30.5. The molecular weight excluding hydrogens is 592 g/mol. The van der Waals surface area contributed by atoms with Gasteiger partial charge in [0.25, 0.3) is 0 Å². The molecule has 4 aliphatic rings. The van der Waals surface area contributed by atoms with E-state index in [1.165, 1.54) is 22.4 Å². The van der Waals surface area contributed by atoms with Crippen LogP contribution in [0.3, 0.4) is 0 Å². The van der Waals surface area contributed by atoms with Crippen LogP contribution in [0.4, 0.5) is 0 Å². The highest BCUT2D eigenvalue weighted by atomic mass is 32.2. The Kier molecular flexibility index (Phi) is 8.48. The first-order valence-corrected chi connectivity index (χ1v) is 16.7. The number of nitrogens with zero attached hydrogens (tertiary/aromatic N) is 4. The minimum absolute atomic E-state index is 0.0235. The molecule has 1 N–H and O–H groups in total. The fourth-order valence-corrected chi connectivity index (χ4v) is 8.53. The molecule has 3 heterocycles. The van der Waals surface area contributed by atoms with E-state index >= 15 is 0 Å². The fraction of sp³-hybridized carbons (Fsp3) is 0.324. The van der Waals surface area contributed by atoms with Crippen molar-refractivity contribution in [3.63, 3.8) is 0 Å². The Bertz CT molecular complexity index is 1680. The number of sulfone groups is 1. The lowest BCUT2D eigenvalue weighted by molar-refractivity contribution is -0.204. The van der Waals surface area contributed by atoms with Crippen LogP contribution in [-0.2, 0) is 37.1 Å².